The van der Waals surface area contributed by atoms with Gasteiger partial charge in [0, 0.05) is 21.7 Å². The first kappa shape index (κ1) is 14.2. The zero-order chi connectivity index (χ0) is 14.7. The second kappa shape index (κ2) is 6.31. The Hall–Kier alpha value is -1.80. The predicted octanol–water partition coefficient (Wildman–Crippen LogP) is 5.02. The van der Waals surface area contributed by atoms with Crippen LogP contribution in [0.2, 0.25) is 0 Å². The average molecular weight is 294 g/mol. The molecule has 0 bridgehead atoms. The van der Waals surface area contributed by atoms with Crippen LogP contribution in [0.3, 0.4) is 0 Å². The number of nitrogens with zero attached hydrogens (tertiary/aromatic N) is 1. The fourth-order valence-electron chi connectivity index (χ4n) is 2.47. The monoisotopic (exact) mass is 294 g/mol. The molecule has 0 fully saturated rings. The number of hydrogen-bond donors (Lipinski definition) is 0. The summed E-state index contributed by atoms with van der Waals surface area (Å²) in [6.45, 7) is 4.51. The molecule has 3 rings (SSSR count). The van der Waals surface area contributed by atoms with Gasteiger partial charge < -0.3 is 0 Å². The van der Waals surface area contributed by atoms with Crippen LogP contribution < -0.4 is 0 Å². The number of para-hydroxylation sites is 1. The normalized spacial score (nSPS) is 12.0. The Balaban J connectivity index is 2.01. The van der Waals surface area contributed by atoms with Gasteiger partial charge in [-0.1, -0.05) is 24.3 Å². The van der Waals surface area contributed by atoms with Crippen molar-refractivity contribution in [3.8, 4) is 0 Å². The van der Waals surface area contributed by atoms with Crippen LogP contribution in [-0.2, 0) is 10.9 Å². The number of rotatable bonds is 4. The maximum absolute atomic E-state index is 4.72. The largest absolute Gasteiger partial charge is 0.248 e. The van der Waals surface area contributed by atoms with Crippen LogP contribution >= 0.6 is 0 Å². The van der Waals surface area contributed by atoms with Crippen molar-refractivity contribution in [3.05, 3.63) is 59.5 Å². The van der Waals surface area contributed by atoms with E-state index in [0.717, 1.165) is 11.0 Å². The molecule has 1 nitrogen and oxygen atoms in total. The van der Waals surface area contributed by atoms with Crippen LogP contribution in [0.1, 0.15) is 19.4 Å². The molecule has 0 saturated heterocycles. The first-order chi connectivity index (χ1) is 10.3. The second-order valence-corrected chi connectivity index (χ2v) is 7.55. The van der Waals surface area contributed by atoms with Gasteiger partial charge in [0.2, 0.25) is 0 Å². The minimum Gasteiger partial charge on any atom is -0.248 e. The van der Waals surface area contributed by atoms with E-state index in [4.69, 9.17) is 4.98 Å². The number of pyridine rings is 1. The maximum atomic E-state index is 4.72. The molecule has 2 aromatic carbocycles. The quantitative estimate of drug-likeness (QED) is 0.486. The molecule has 3 aromatic rings. The Morgan fingerprint density at radius 3 is 2.48 bits per heavy atom. The molecule has 0 aliphatic carbocycles. The first-order valence-corrected chi connectivity index (χ1v) is 9.07. The molecule has 0 spiro atoms. The summed E-state index contributed by atoms with van der Waals surface area (Å²) in [5.41, 5.74) is 3.39. The van der Waals surface area contributed by atoms with Crippen molar-refractivity contribution in [1.29, 1.82) is 0 Å². The Bertz CT molecular complexity index is 788. The highest BCUT2D eigenvalue weighted by Gasteiger charge is 2.06. The molecule has 106 valence electrons. The standard InChI is InChI=1S/C19H20NS/c1-3-21(4-2)12-11-15-9-10-19-17(13-15)14-16-7-5-6-8-18(16)20-19/h5-14H,3-4H2,1-2H3/q+1/b12-11+. The van der Waals surface area contributed by atoms with Crippen molar-refractivity contribution in [1.82, 2.24) is 4.98 Å². The molecule has 0 saturated carbocycles. The molecule has 0 amide bonds. The molecule has 1 heterocycles. The Labute approximate surface area is 129 Å². The Morgan fingerprint density at radius 1 is 0.905 bits per heavy atom. The molecule has 0 radical (unpaired) electrons. The van der Waals surface area contributed by atoms with Gasteiger partial charge in [-0.3, -0.25) is 0 Å². The van der Waals surface area contributed by atoms with Gasteiger partial charge in [0.1, 0.15) is 16.9 Å². The summed E-state index contributed by atoms with van der Waals surface area (Å²) in [6.07, 6.45) is 2.25. The second-order valence-electron chi connectivity index (χ2n) is 5.05. The van der Waals surface area contributed by atoms with Crippen LogP contribution in [-0.4, -0.2) is 16.5 Å². The van der Waals surface area contributed by atoms with Crippen LogP contribution in [0.5, 0.6) is 0 Å². The zero-order valence-corrected chi connectivity index (χ0v) is 13.4. The fraction of sp³-hybridized carbons (Fsp3) is 0.211. The summed E-state index contributed by atoms with van der Waals surface area (Å²) in [5.74, 6) is 2.46. The van der Waals surface area contributed by atoms with E-state index in [1.54, 1.807) is 0 Å². The number of benzene rings is 2. The van der Waals surface area contributed by atoms with E-state index in [-0.39, 0.29) is 0 Å². The van der Waals surface area contributed by atoms with Gasteiger partial charge in [-0.25, -0.2) is 4.98 Å². The van der Waals surface area contributed by atoms with Crippen LogP contribution in [0, 0.1) is 0 Å². The van der Waals surface area contributed by atoms with Crippen LogP contribution in [0.15, 0.2) is 53.9 Å². The van der Waals surface area contributed by atoms with Crippen molar-refractivity contribution in [2.45, 2.75) is 13.8 Å². The summed E-state index contributed by atoms with van der Waals surface area (Å²) >= 11 is 0. The molecule has 0 atom stereocenters. The Kier molecular flexibility index (Phi) is 4.26. The molecule has 0 aliphatic heterocycles. The summed E-state index contributed by atoms with van der Waals surface area (Å²) < 4.78 is 0. The van der Waals surface area contributed by atoms with E-state index in [2.05, 4.69) is 67.8 Å². The van der Waals surface area contributed by atoms with Crippen LogP contribution in [0.25, 0.3) is 27.9 Å². The van der Waals surface area contributed by atoms with Gasteiger partial charge in [0.25, 0.3) is 0 Å². The van der Waals surface area contributed by atoms with Gasteiger partial charge >= 0.3 is 0 Å². The lowest BCUT2D eigenvalue weighted by atomic mass is 10.1. The van der Waals surface area contributed by atoms with E-state index in [1.165, 1.54) is 27.8 Å². The lowest BCUT2D eigenvalue weighted by Crippen LogP contribution is -2.02. The molecular formula is C19H20NS+. The van der Waals surface area contributed by atoms with Gasteiger partial charge in [-0.2, -0.15) is 0 Å². The topological polar surface area (TPSA) is 12.9 Å². The van der Waals surface area contributed by atoms with Gasteiger partial charge in [0.05, 0.1) is 11.0 Å². The smallest absolute Gasteiger partial charge is 0.119 e. The molecule has 1 aromatic heterocycles. The molecule has 0 N–H and O–H groups in total. The zero-order valence-electron chi connectivity index (χ0n) is 12.5. The third-order valence-corrected chi connectivity index (χ3v) is 5.74. The SMILES string of the molecule is CC[S+](/C=C/c1ccc2nc3ccccc3cc2c1)CC. The molecule has 0 aliphatic rings. The molecule has 2 heteroatoms. The fourth-order valence-corrected chi connectivity index (χ4v) is 3.62. The number of fused-ring (bicyclic) bond motifs is 2. The van der Waals surface area contributed by atoms with E-state index < -0.39 is 0 Å². The first-order valence-electron chi connectivity index (χ1n) is 7.44. The van der Waals surface area contributed by atoms with E-state index in [9.17, 15) is 0 Å². The van der Waals surface area contributed by atoms with Gasteiger partial charge in [0.15, 0.2) is 0 Å². The summed E-state index contributed by atoms with van der Waals surface area (Å²) in [4.78, 5) is 4.72. The van der Waals surface area contributed by atoms with E-state index in [0.29, 0.717) is 10.9 Å². The highest BCUT2D eigenvalue weighted by Crippen LogP contribution is 2.21. The van der Waals surface area contributed by atoms with E-state index >= 15 is 0 Å². The third-order valence-electron chi connectivity index (χ3n) is 3.73. The van der Waals surface area contributed by atoms with Crippen LogP contribution in [0.4, 0.5) is 0 Å². The van der Waals surface area contributed by atoms with E-state index in [1.807, 2.05) is 6.07 Å². The van der Waals surface area contributed by atoms with Gasteiger partial charge in [-0.15, -0.1) is 0 Å². The molecular weight excluding hydrogens is 274 g/mol. The molecule has 21 heavy (non-hydrogen) atoms. The lowest BCUT2D eigenvalue weighted by molar-refractivity contribution is 1.44. The minimum absolute atomic E-state index is 0.409. The number of hydrogen-bond acceptors (Lipinski definition) is 1. The lowest BCUT2D eigenvalue weighted by Gasteiger charge is -2.03. The average Bonchev–Trinajstić information content (AvgIpc) is 2.53. The van der Waals surface area contributed by atoms with Crippen molar-refractivity contribution >= 4 is 38.8 Å². The highest BCUT2D eigenvalue weighted by atomic mass is 32.2. The number of aromatic nitrogens is 1. The minimum atomic E-state index is 0.409. The summed E-state index contributed by atoms with van der Waals surface area (Å²) in [5, 5.41) is 4.77. The predicted molar refractivity (Wildman–Crippen MR) is 96.7 cm³/mol. The summed E-state index contributed by atoms with van der Waals surface area (Å²) in [7, 11) is 0.409. The maximum Gasteiger partial charge on any atom is 0.119 e. The third kappa shape index (κ3) is 3.11. The molecule has 0 unspecified atom stereocenters. The van der Waals surface area contributed by atoms with Gasteiger partial charge in [-0.05, 0) is 49.8 Å². The van der Waals surface area contributed by atoms with Crippen molar-refractivity contribution in [2.75, 3.05) is 11.5 Å². The Morgan fingerprint density at radius 2 is 1.67 bits per heavy atom. The van der Waals surface area contributed by atoms with Crippen molar-refractivity contribution < 1.29 is 0 Å². The highest BCUT2D eigenvalue weighted by molar-refractivity contribution is 7.99. The van der Waals surface area contributed by atoms with Crippen molar-refractivity contribution in [2.24, 2.45) is 0 Å². The van der Waals surface area contributed by atoms with Crippen molar-refractivity contribution in [3.63, 3.8) is 0 Å². The summed E-state index contributed by atoms with van der Waals surface area (Å²) in [6, 6.07) is 17.0.